The van der Waals surface area contributed by atoms with Crippen molar-refractivity contribution in [2.24, 2.45) is 0 Å². The molecule has 3 rings (SSSR count). The van der Waals surface area contributed by atoms with E-state index in [1.54, 1.807) is 0 Å². The summed E-state index contributed by atoms with van der Waals surface area (Å²) in [6.45, 7) is 3.40. The summed E-state index contributed by atoms with van der Waals surface area (Å²) in [5.41, 5.74) is 4.07. The molecular formula is C22H29ClN4O. The summed E-state index contributed by atoms with van der Waals surface area (Å²) in [6.07, 6.45) is 3.69. The van der Waals surface area contributed by atoms with Gasteiger partial charge in [-0.05, 0) is 62.7 Å². The Labute approximate surface area is 172 Å². The van der Waals surface area contributed by atoms with Crippen LogP contribution in [0.3, 0.4) is 0 Å². The van der Waals surface area contributed by atoms with Crippen LogP contribution in [0.4, 0.5) is 16.2 Å². The zero-order chi connectivity index (χ0) is 19.9. The van der Waals surface area contributed by atoms with Gasteiger partial charge in [-0.25, -0.2) is 4.79 Å². The summed E-state index contributed by atoms with van der Waals surface area (Å²) in [7, 11) is 4.07. The van der Waals surface area contributed by atoms with Crippen LogP contribution in [0.25, 0.3) is 0 Å². The number of amides is 2. The molecule has 150 valence electrons. The van der Waals surface area contributed by atoms with Crippen molar-refractivity contribution in [2.45, 2.75) is 32.4 Å². The van der Waals surface area contributed by atoms with Crippen LogP contribution in [0, 0.1) is 0 Å². The highest BCUT2D eigenvalue weighted by Gasteiger charge is 2.14. The topological polar surface area (TPSA) is 47.6 Å². The highest BCUT2D eigenvalue weighted by molar-refractivity contribution is 6.33. The minimum absolute atomic E-state index is 0.235. The molecule has 2 aromatic carbocycles. The summed E-state index contributed by atoms with van der Waals surface area (Å²) in [6, 6.07) is 13.6. The van der Waals surface area contributed by atoms with Crippen LogP contribution in [0.5, 0.6) is 0 Å². The molecule has 0 aromatic heterocycles. The van der Waals surface area contributed by atoms with E-state index in [1.807, 2.05) is 50.5 Å². The van der Waals surface area contributed by atoms with Gasteiger partial charge in [0.05, 0.1) is 10.7 Å². The van der Waals surface area contributed by atoms with Gasteiger partial charge in [0.2, 0.25) is 0 Å². The van der Waals surface area contributed by atoms with Crippen molar-refractivity contribution in [3.8, 4) is 0 Å². The van der Waals surface area contributed by atoms with Gasteiger partial charge in [0.15, 0.2) is 0 Å². The molecule has 2 amide bonds. The predicted molar refractivity (Wildman–Crippen MR) is 117 cm³/mol. The quantitative estimate of drug-likeness (QED) is 0.737. The van der Waals surface area contributed by atoms with E-state index in [0.717, 1.165) is 30.9 Å². The highest BCUT2D eigenvalue weighted by Crippen LogP contribution is 2.30. The molecule has 1 heterocycles. The number of carbonyl (C=O) groups is 1. The van der Waals surface area contributed by atoms with Crippen LogP contribution in [0.2, 0.25) is 5.02 Å². The van der Waals surface area contributed by atoms with E-state index in [0.29, 0.717) is 17.3 Å². The summed E-state index contributed by atoms with van der Waals surface area (Å²) in [5.74, 6) is 0. The Morgan fingerprint density at radius 2 is 1.79 bits per heavy atom. The molecular weight excluding hydrogens is 372 g/mol. The van der Waals surface area contributed by atoms with Crippen molar-refractivity contribution >= 4 is 29.0 Å². The molecule has 2 aromatic rings. The van der Waals surface area contributed by atoms with Crippen LogP contribution in [0.1, 0.15) is 30.4 Å². The maximum absolute atomic E-state index is 12.3. The fourth-order valence-electron chi connectivity index (χ4n) is 3.55. The first kappa shape index (κ1) is 20.5. The summed E-state index contributed by atoms with van der Waals surface area (Å²) in [5, 5.41) is 6.49. The molecule has 1 fully saturated rings. The second kappa shape index (κ2) is 9.80. The van der Waals surface area contributed by atoms with Crippen molar-refractivity contribution in [3.05, 3.63) is 58.6 Å². The number of hydrogen-bond donors (Lipinski definition) is 2. The first-order chi connectivity index (χ1) is 13.5. The van der Waals surface area contributed by atoms with Gasteiger partial charge in [-0.15, -0.1) is 0 Å². The van der Waals surface area contributed by atoms with Crippen LogP contribution in [0.15, 0.2) is 42.5 Å². The molecule has 0 bridgehead atoms. The number of anilines is 2. The van der Waals surface area contributed by atoms with E-state index >= 15 is 0 Å². The van der Waals surface area contributed by atoms with Crippen LogP contribution in [-0.2, 0) is 13.1 Å². The van der Waals surface area contributed by atoms with Gasteiger partial charge in [0.1, 0.15) is 0 Å². The molecule has 0 saturated carbocycles. The maximum atomic E-state index is 12.3. The van der Waals surface area contributed by atoms with Crippen molar-refractivity contribution < 1.29 is 4.79 Å². The minimum atomic E-state index is -0.235. The minimum Gasteiger partial charge on any atom is -0.370 e. The molecule has 5 nitrogen and oxygen atoms in total. The molecule has 0 spiro atoms. The van der Waals surface area contributed by atoms with Crippen molar-refractivity contribution in [1.29, 1.82) is 0 Å². The SMILES string of the molecule is CN(C)Cc1ccccc1CNC(=O)Nc1ccc(N2CCCCC2)c(Cl)c1. The average Bonchev–Trinajstić information content (AvgIpc) is 2.68. The van der Waals surface area contributed by atoms with Gasteiger partial charge in [-0.1, -0.05) is 35.9 Å². The molecule has 28 heavy (non-hydrogen) atoms. The van der Waals surface area contributed by atoms with Gasteiger partial charge in [0.25, 0.3) is 0 Å². The number of nitrogens with zero attached hydrogens (tertiary/aromatic N) is 2. The second-order valence-electron chi connectivity index (χ2n) is 7.53. The fraction of sp³-hybridized carbons (Fsp3) is 0.409. The average molecular weight is 401 g/mol. The van der Waals surface area contributed by atoms with Gasteiger partial charge >= 0.3 is 6.03 Å². The van der Waals surface area contributed by atoms with Crippen LogP contribution >= 0.6 is 11.6 Å². The third-order valence-electron chi connectivity index (χ3n) is 4.95. The number of benzene rings is 2. The Bertz CT molecular complexity index is 803. The molecule has 1 saturated heterocycles. The number of halogens is 1. The highest BCUT2D eigenvalue weighted by atomic mass is 35.5. The molecule has 1 aliphatic heterocycles. The van der Waals surface area contributed by atoms with Crippen molar-refractivity contribution in [1.82, 2.24) is 10.2 Å². The monoisotopic (exact) mass is 400 g/mol. The third kappa shape index (κ3) is 5.63. The fourth-order valence-corrected chi connectivity index (χ4v) is 3.85. The Morgan fingerprint density at radius 1 is 1.07 bits per heavy atom. The molecule has 0 aliphatic carbocycles. The molecule has 2 N–H and O–H groups in total. The standard InChI is InChI=1S/C22H29ClN4O/c1-26(2)16-18-9-5-4-8-17(18)15-24-22(28)25-19-10-11-21(20(23)14-19)27-12-6-3-7-13-27/h4-5,8-11,14H,3,6-7,12-13,15-16H2,1-2H3,(H2,24,25,28). The van der Waals surface area contributed by atoms with Crippen molar-refractivity contribution in [2.75, 3.05) is 37.4 Å². The third-order valence-corrected chi connectivity index (χ3v) is 5.25. The van der Waals surface area contributed by atoms with Crippen LogP contribution < -0.4 is 15.5 Å². The maximum Gasteiger partial charge on any atom is 0.319 e. The number of carbonyl (C=O) groups excluding carboxylic acids is 1. The van der Waals surface area contributed by atoms with E-state index in [-0.39, 0.29) is 6.03 Å². The summed E-state index contributed by atoms with van der Waals surface area (Å²) >= 11 is 6.47. The number of piperidine rings is 1. The van der Waals surface area contributed by atoms with Crippen LogP contribution in [-0.4, -0.2) is 38.1 Å². The Morgan fingerprint density at radius 3 is 2.46 bits per heavy atom. The zero-order valence-electron chi connectivity index (χ0n) is 16.7. The Hall–Kier alpha value is -2.24. The molecule has 1 aliphatic rings. The summed E-state index contributed by atoms with van der Waals surface area (Å²) in [4.78, 5) is 16.8. The summed E-state index contributed by atoms with van der Waals surface area (Å²) < 4.78 is 0. The lowest BCUT2D eigenvalue weighted by atomic mass is 10.1. The van der Waals surface area contributed by atoms with Gasteiger partial charge < -0.3 is 20.4 Å². The number of nitrogens with one attached hydrogen (secondary N) is 2. The van der Waals surface area contributed by atoms with Gasteiger partial charge in [-0.3, -0.25) is 0 Å². The van der Waals surface area contributed by atoms with Crippen molar-refractivity contribution in [3.63, 3.8) is 0 Å². The first-order valence-corrected chi connectivity index (χ1v) is 10.2. The molecule has 0 radical (unpaired) electrons. The lowest BCUT2D eigenvalue weighted by Gasteiger charge is -2.29. The predicted octanol–water partition coefficient (Wildman–Crippen LogP) is 4.71. The molecule has 6 heteroatoms. The van der Waals surface area contributed by atoms with E-state index in [1.165, 1.54) is 24.8 Å². The number of urea groups is 1. The number of hydrogen-bond acceptors (Lipinski definition) is 3. The van der Waals surface area contributed by atoms with E-state index < -0.39 is 0 Å². The second-order valence-corrected chi connectivity index (χ2v) is 7.94. The Balaban J connectivity index is 1.57. The lowest BCUT2D eigenvalue weighted by molar-refractivity contribution is 0.251. The number of rotatable bonds is 6. The van der Waals surface area contributed by atoms with Gasteiger partial charge in [0, 0.05) is 31.9 Å². The molecule has 0 unspecified atom stereocenters. The largest absolute Gasteiger partial charge is 0.370 e. The Kier molecular flexibility index (Phi) is 7.18. The van der Waals surface area contributed by atoms with E-state index in [4.69, 9.17) is 11.6 Å². The molecule has 0 atom stereocenters. The lowest BCUT2D eigenvalue weighted by Crippen LogP contribution is -2.30. The first-order valence-electron chi connectivity index (χ1n) is 9.84. The van der Waals surface area contributed by atoms with Gasteiger partial charge in [-0.2, -0.15) is 0 Å². The van der Waals surface area contributed by atoms with E-state index in [9.17, 15) is 4.79 Å². The van der Waals surface area contributed by atoms with E-state index in [2.05, 4.69) is 26.5 Å². The zero-order valence-corrected chi connectivity index (χ0v) is 17.4. The smallest absolute Gasteiger partial charge is 0.319 e. The normalized spacial score (nSPS) is 14.2.